The second-order valence-electron chi connectivity index (χ2n) is 8.44. The van der Waals surface area contributed by atoms with Gasteiger partial charge in [0.2, 0.25) is 0 Å². The minimum Gasteiger partial charge on any atom is -0.493 e. The number of aromatic nitrogens is 2. The van der Waals surface area contributed by atoms with Crippen molar-refractivity contribution < 1.29 is 14.3 Å². The van der Waals surface area contributed by atoms with Crippen molar-refractivity contribution >= 4 is 28.9 Å². The molecule has 2 aliphatic rings. The second kappa shape index (κ2) is 10.0. The third-order valence-electron chi connectivity index (χ3n) is 6.26. The molecule has 0 aliphatic carbocycles. The molecule has 0 spiro atoms. The summed E-state index contributed by atoms with van der Waals surface area (Å²) in [5, 5.41) is 6.83. The van der Waals surface area contributed by atoms with E-state index in [0.717, 1.165) is 29.1 Å². The summed E-state index contributed by atoms with van der Waals surface area (Å²) in [4.78, 5) is 22.9. The Morgan fingerprint density at radius 1 is 1.34 bits per heavy atom. The van der Waals surface area contributed by atoms with E-state index in [9.17, 15) is 4.79 Å². The average Bonchev–Trinajstić information content (AvgIpc) is 3.23. The molecule has 1 amide bonds. The summed E-state index contributed by atoms with van der Waals surface area (Å²) in [7, 11) is 3.61. The van der Waals surface area contributed by atoms with Crippen molar-refractivity contribution in [2.24, 2.45) is 0 Å². The molecular weight excluding hydrogens is 466 g/mol. The van der Waals surface area contributed by atoms with Gasteiger partial charge in [-0.1, -0.05) is 29.5 Å². The quantitative estimate of drug-likeness (QED) is 0.484. The molecule has 4 heterocycles. The Balaban J connectivity index is 1.62. The molecule has 0 unspecified atom stereocenters. The third kappa shape index (κ3) is 4.58. The number of aromatic amines is 1. The lowest BCUT2D eigenvalue weighted by molar-refractivity contribution is 0.0267. The average molecular weight is 492 g/mol. The first-order chi connectivity index (χ1) is 17.1. The lowest BCUT2D eigenvalue weighted by Gasteiger charge is -2.28. The molecule has 1 fully saturated rings. The zero-order chi connectivity index (χ0) is 24.4. The van der Waals surface area contributed by atoms with Crippen molar-refractivity contribution in [2.45, 2.75) is 12.5 Å². The van der Waals surface area contributed by atoms with Gasteiger partial charge in [0.1, 0.15) is 0 Å². The number of hydrogen-bond donors (Lipinski definition) is 3. The van der Waals surface area contributed by atoms with E-state index in [1.165, 1.54) is 0 Å². The maximum atomic E-state index is 12.9. The molecule has 3 N–H and O–H groups in total. The van der Waals surface area contributed by atoms with Crippen LogP contribution in [0.2, 0.25) is 5.02 Å². The van der Waals surface area contributed by atoms with Gasteiger partial charge in [0, 0.05) is 43.2 Å². The van der Waals surface area contributed by atoms with E-state index in [1.54, 1.807) is 25.6 Å². The number of H-pyrrole nitrogens is 1. The van der Waals surface area contributed by atoms with Crippen LogP contribution < -0.4 is 15.4 Å². The number of rotatable bonds is 4. The maximum absolute atomic E-state index is 12.9. The minimum absolute atomic E-state index is 0.00717. The number of carbonyl (C=O) groups excluding carboxylic acids is 1. The third-order valence-corrected chi connectivity index (χ3v) is 6.55. The Bertz CT molecular complexity index is 1330. The van der Waals surface area contributed by atoms with Crippen molar-refractivity contribution in [1.29, 1.82) is 0 Å². The number of methoxy groups -OCH3 is 1. The predicted octanol–water partition coefficient (Wildman–Crippen LogP) is 3.45. The van der Waals surface area contributed by atoms with Crippen molar-refractivity contribution in [3.63, 3.8) is 0 Å². The molecule has 8 nitrogen and oxygen atoms in total. The summed E-state index contributed by atoms with van der Waals surface area (Å²) in [5.74, 6) is 6.98. The van der Waals surface area contributed by atoms with Crippen LogP contribution in [0.15, 0.2) is 36.7 Å². The molecule has 9 heteroatoms. The number of halogens is 1. The first-order valence-corrected chi connectivity index (χ1v) is 11.8. The highest BCUT2D eigenvalue weighted by Crippen LogP contribution is 2.41. The number of morpholine rings is 1. The van der Waals surface area contributed by atoms with Gasteiger partial charge in [0.15, 0.2) is 5.75 Å². The first-order valence-electron chi connectivity index (χ1n) is 11.4. The number of ether oxygens (including phenoxy) is 2. The number of amides is 1. The molecule has 3 aromatic rings. The Labute approximate surface area is 209 Å². The molecule has 0 radical (unpaired) electrons. The van der Waals surface area contributed by atoms with Gasteiger partial charge in [0.25, 0.3) is 5.91 Å². The number of likely N-dealkylation sites (N-methyl/N-ethyl adjacent to an activating group) is 1. The smallest absolute Gasteiger partial charge is 0.255 e. The Hall–Kier alpha value is -3.51. The molecule has 35 heavy (non-hydrogen) atoms. The highest BCUT2D eigenvalue weighted by Gasteiger charge is 2.28. The molecule has 1 saturated heterocycles. The molecular formula is C26H26ClN5O3. The SMILES string of the molecule is COc1c(Cl)cccc1Nc1c(-c2ccncc2C#C[C@@H]2COCCN2C)[nH]c2c1C(=O)NCC2. The van der Waals surface area contributed by atoms with Gasteiger partial charge < -0.3 is 25.1 Å². The number of para-hydroxylation sites is 1. The minimum atomic E-state index is -0.139. The molecule has 180 valence electrons. The fourth-order valence-electron chi connectivity index (χ4n) is 4.37. The molecule has 1 atom stereocenters. The van der Waals surface area contributed by atoms with Crippen molar-refractivity contribution in [2.75, 3.05) is 45.8 Å². The van der Waals surface area contributed by atoms with Gasteiger partial charge >= 0.3 is 0 Å². The molecule has 0 saturated carbocycles. The normalized spacial score (nSPS) is 17.7. The molecule has 1 aromatic carbocycles. The molecule has 2 aliphatic heterocycles. The van der Waals surface area contributed by atoms with Gasteiger partial charge in [-0.15, -0.1) is 0 Å². The van der Waals surface area contributed by atoms with Gasteiger partial charge in [-0.2, -0.15) is 0 Å². The number of nitrogens with one attached hydrogen (secondary N) is 3. The molecule has 2 aromatic heterocycles. The summed E-state index contributed by atoms with van der Waals surface area (Å²) in [6.07, 6.45) is 4.16. The first kappa shape index (κ1) is 23.2. The van der Waals surface area contributed by atoms with E-state index in [4.69, 9.17) is 21.1 Å². The fourth-order valence-corrected chi connectivity index (χ4v) is 4.62. The number of nitrogens with zero attached hydrogens (tertiary/aromatic N) is 2. The lowest BCUT2D eigenvalue weighted by Crippen LogP contribution is -2.41. The van der Waals surface area contributed by atoms with E-state index in [0.29, 0.717) is 53.9 Å². The van der Waals surface area contributed by atoms with Gasteiger partial charge in [-0.3, -0.25) is 14.7 Å². The summed E-state index contributed by atoms with van der Waals surface area (Å²) in [6.45, 7) is 2.69. The van der Waals surface area contributed by atoms with Crippen LogP contribution in [0.25, 0.3) is 11.3 Å². The largest absolute Gasteiger partial charge is 0.493 e. The number of benzene rings is 1. The van der Waals surface area contributed by atoms with Crippen LogP contribution >= 0.6 is 11.6 Å². The van der Waals surface area contributed by atoms with Crippen LogP contribution in [0.3, 0.4) is 0 Å². The van der Waals surface area contributed by atoms with E-state index in [2.05, 4.69) is 37.3 Å². The number of fused-ring (bicyclic) bond motifs is 1. The van der Waals surface area contributed by atoms with E-state index in [-0.39, 0.29) is 11.9 Å². The van der Waals surface area contributed by atoms with Gasteiger partial charge in [-0.25, -0.2) is 0 Å². The molecule has 0 bridgehead atoms. The lowest BCUT2D eigenvalue weighted by atomic mass is 10.0. The van der Waals surface area contributed by atoms with E-state index >= 15 is 0 Å². The number of pyridine rings is 1. The standard InChI is InChI=1S/C26H26ClN5O3/c1-32-12-13-35-15-17(32)7-6-16-14-28-10-8-18(16)23-24(22-20(30-23)9-11-29-26(22)33)31-21-5-3-4-19(27)25(21)34-2/h3-5,8,10,14,17,30-31H,9,11-13,15H2,1-2H3,(H,29,33)/t17-/m1/s1. The summed E-state index contributed by atoms with van der Waals surface area (Å²) < 4.78 is 11.1. The summed E-state index contributed by atoms with van der Waals surface area (Å²) in [5.41, 5.74) is 5.10. The highest BCUT2D eigenvalue weighted by molar-refractivity contribution is 6.32. The monoisotopic (exact) mass is 491 g/mol. The fraction of sp³-hybridized carbons (Fsp3) is 0.308. The second-order valence-corrected chi connectivity index (χ2v) is 8.85. The maximum Gasteiger partial charge on any atom is 0.255 e. The van der Waals surface area contributed by atoms with E-state index in [1.807, 2.05) is 25.2 Å². The van der Waals surface area contributed by atoms with Crippen LogP contribution in [0.4, 0.5) is 11.4 Å². The van der Waals surface area contributed by atoms with Crippen molar-refractivity contribution in [3.8, 4) is 28.8 Å². The predicted molar refractivity (Wildman–Crippen MR) is 135 cm³/mol. The highest BCUT2D eigenvalue weighted by atomic mass is 35.5. The Morgan fingerprint density at radius 3 is 3.06 bits per heavy atom. The Kier molecular flexibility index (Phi) is 6.64. The zero-order valence-corrected chi connectivity index (χ0v) is 20.3. The van der Waals surface area contributed by atoms with Gasteiger partial charge in [-0.05, 0) is 25.2 Å². The van der Waals surface area contributed by atoms with Crippen LogP contribution in [0.5, 0.6) is 5.75 Å². The van der Waals surface area contributed by atoms with Crippen LogP contribution in [-0.4, -0.2) is 67.3 Å². The number of hydrogen-bond acceptors (Lipinski definition) is 6. The number of anilines is 2. The van der Waals surface area contributed by atoms with Crippen LogP contribution in [-0.2, 0) is 11.2 Å². The van der Waals surface area contributed by atoms with Gasteiger partial charge in [0.05, 0.1) is 59.6 Å². The van der Waals surface area contributed by atoms with Crippen molar-refractivity contribution in [1.82, 2.24) is 20.2 Å². The Morgan fingerprint density at radius 2 is 2.23 bits per heavy atom. The summed E-state index contributed by atoms with van der Waals surface area (Å²) in [6, 6.07) is 7.36. The van der Waals surface area contributed by atoms with Crippen LogP contribution in [0, 0.1) is 11.8 Å². The van der Waals surface area contributed by atoms with Crippen molar-refractivity contribution in [3.05, 3.63) is 58.5 Å². The zero-order valence-electron chi connectivity index (χ0n) is 19.6. The topological polar surface area (TPSA) is 91.5 Å². The molecule has 5 rings (SSSR count). The van der Waals surface area contributed by atoms with E-state index < -0.39 is 0 Å². The van der Waals surface area contributed by atoms with Crippen LogP contribution in [0.1, 0.15) is 21.6 Å². The number of carbonyl (C=O) groups is 1. The summed E-state index contributed by atoms with van der Waals surface area (Å²) >= 11 is 6.36.